The van der Waals surface area contributed by atoms with Gasteiger partial charge in [-0.15, -0.1) is 11.6 Å². The van der Waals surface area contributed by atoms with E-state index in [2.05, 4.69) is 12.2 Å². The first kappa shape index (κ1) is 14.1. The van der Waals surface area contributed by atoms with Crippen molar-refractivity contribution in [3.63, 3.8) is 0 Å². The molecule has 1 aromatic rings. The van der Waals surface area contributed by atoms with E-state index >= 15 is 0 Å². The molecule has 16 heavy (non-hydrogen) atoms. The van der Waals surface area contributed by atoms with Crippen LogP contribution in [0.1, 0.15) is 18.9 Å². The van der Waals surface area contributed by atoms with Gasteiger partial charge in [0.15, 0.2) is 0 Å². The van der Waals surface area contributed by atoms with E-state index in [4.69, 9.17) is 34.8 Å². The molecule has 1 nitrogen and oxygen atoms in total. The van der Waals surface area contributed by atoms with Gasteiger partial charge in [-0.25, -0.2) is 0 Å². The van der Waals surface area contributed by atoms with E-state index in [0.29, 0.717) is 16.0 Å². The molecule has 0 aliphatic rings. The molecule has 0 spiro atoms. The molecular formula is C12H16Cl3N. The first-order valence-electron chi connectivity index (χ1n) is 5.34. The van der Waals surface area contributed by atoms with Crippen molar-refractivity contribution in [2.45, 2.75) is 19.9 Å². The lowest BCUT2D eigenvalue weighted by Crippen LogP contribution is -2.20. The summed E-state index contributed by atoms with van der Waals surface area (Å²) < 4.78 is 0. The van der Waals surface area contributed by atoms with Gasteiger partial charge < -0.3 is 5.32 Å². The van der Waals surface area contributed by atoms with Crippen LogP contribution in [0.5, 0.6) is 0 Å². The van der Waals surface area contributed by atoms with Crippen LogP contribution in [0.4, 0.5) is 0 Å². The molecule has 1 rings (SSSR count). The third-order valence-electron chi connectivity index (χ3n) is 2.41. The molecule has 0 fully saturated rings. The lowest BCUT2D eigenvalue weighted by Gasteiger charge is -2.11. The van der Waals surface area contributed by atoms with E-state index in [0.717, 1.165) is 31.0 Å². The Morgan fingerprint density at radius 3 is 2.62 bits per heavy atom. The minimum Gasteiger partial charge on any atom is -0.312 e. The maximum Gasteiger partial charge on any atom is 0.0595 e. The Morgan fingerprint density at radius 1 is 1.25 bits per heavy atom. The molecule has 0 aromatic heterocycles. The summed E-state index contributed by atoms with van der Waals surface area (Å²) in [5, 5.41) is 4.58. The fourth-order valence-corrected chi connectivity index (χ4v) is 2.09. The minimum atomic E-state index is 0.597. The van der Waals surface area contributed by atoms with Gasteiger partial charge in [-0.3, -0.25) is 0 Å². The summed E-state index contributed by atoms with van der Waals surface area (Å²) in [6.45, 7) is 3.96. The smallest absolute Gasteiger partial charge is 0.0595 e. The molecule has 0 saturated heterocycles. The number of halogens is 3. The highest BCUT2D eigenvalue weighted by molar-refractivity contribution is 6.42. The first-order valence-corrected chi connectivity index (χ1v) is 6.63. The number of hydrogen-bond acceptors (Lipinski definition) is 1. The van der Waals surface area contributed by atoms with E-state index in [1.54, 1.807) is 0 Å². The predicted molar refractivity (Wildman–Crippen MR) is 72.7 cm³/mol. The molecule has 0 saturated carbocycles. The van der Waals surface area contributed by atoms with Crippen molar-refractivity contribution in [2.75, 3.05) is 12.4 Å². The van der Waals surface area contributed by atoms with E-state index in [1.165, 1.54) is 0 Å². The molecule has 1 aromatic carbocycles. The highest BCUT2D eigenvalue weighted by atomic mass is 35.5. The fourth-order valence-electron chi connectivity index (χ4n) is 1.40. The van der Waals surface area contributed by atoms with Crippen molar-refractivity contribution in [3.05, 3.63) is 33.8 Å². The van der Waals surface area contributed by atoms with Crippen molar-refractivity contribution in [1.29, 1.82) is 0 Å². The Morgan fingerprint density at radius 2 is 2.00 bits per heavy atom. The summed E-state index contributed by atoms with van der Waals surface area (Å²) in [6, 6.07) is 5.69. The van der Waals surface area contributed by atoms with Gasteiger partial charge >= 0.3 is 0 Å². The van der Waals surface area contributed by atoms with Gasteiger partial charge in [0.25, 0.3) is 0 Å². The zero-order valence-electron chi connectivity index (χ0n) is 9.27. The summed E-state index contributed by atoms with van der Waals surface area (Å²) >= 11 is 17.4. The first-order chi connectivity index (χ1) is 7.63. The SMILES string of the molecule is CC(CCCl)CNCc1ccc(Cl)c(Cl)c1. The average Bonchev–Trinajstić information content (AvgIpc) is 2.24. The highest BCUT2D eigenvalue weighted by Crippen LogP contribution is 2.22. The van der Waals surface area contributed by atoms with E-state index in [-0.39, 0.29) is 0 Å². The Bertz CT molecular complexity index is 328. The van der Waals surface area contributed by atoms with Gasteiger partial charge in [0.2, 0.25) is 0 Å². The number of rotatable bonds is 6. The lowest BCUT2D eigenvalue weighted by molar-refractivity contribution is 0.502. The summed E-state index contributed by atoms with van der Waals surface area (Å²) in [7, 11) is 0. The van der Waals surface area contributed by atoms with Crippen LogP contribution < -0.4 is 5.32 Å². The minimum absolute atomic E-state index is 0.597. The van der Waals surface area contributed by atoms with Crippen LogP contribution in [-0.2, 0) is 6.54 Å². The third-order valence-corrected chi connectivity index (χ3v) is 3.37. The van der Waals surface area contributed by atoms with Gasteiger partial charge in [-0.2, -0.15) is 0 Å². The molecule has 0 heterocycles. The van der Waals surface area contributed by atoms with Gasteiger partial charge in [0.05, 0.1) is 10.0 Å². The van der Waals surface area contributed by atoms with Crippen molar-refractivity contribution >= 4 is 34.8 Å². The molecular weight excluding hydrogens is 264 g/mol. The normalized spacial score (nSPS) is 12.8. The van der Waals surface area contributed by atoms with Gasteiger partial charge in [0, 0.05) is 12.4 Å². The maximum atomic E-state index is 5.93. The quantitative estimate of drug-likeness (QED) is 0.764. The van der Waals surface area contributed by atoms with Crippen LogP contribution in [0.25, 0.3) is 0 Å². The largest absolute Gasteiger partial charge is 0.312 e. The topological polar surface area (TPSA) is 12.0 Å². The second-order valence-corrected chi connectivity index (χ2v) is 5.15. The lowest BCUT2D eigenvalue weighted by atomic mass is 10.1. The molecule has 0 bridgehead atoms. The standard InChI is InChI=1S/C12H16Cl3N/c1-9(4-5-13)7-16-8-10-2-3-11(14)12(15)6-10/h2-3,6,9,16H,4-5,7-8H2,1H3. The van der Waals surface area contributed by atoms with E-state index in [9.17, 15) is 0 Å². The second-order valence-electron chi connectivity index (χ2n) is 3.96. The molecule has 1 unspecified atom stereocenters. The summed E-state index contributed by atoms with van der Waals surface area (Å²) in [5.41, 5.74) is 1.15. The Hall–Kier alpha value is 0.0500. The van der Waals surface area contributed by atoms with Crippen molar-refractivity contribution in [1.82, 2.24) is 5.32 Å². The molecule has 0 radical (unpaired) electrons. The third kappa shape index (κ3) is 4.92. The highest BCUT2D eigenvalue weighted by Gasteiger charge is 2.02. The second kappa shape index (κ2) is 7.39. The van der Waals surface area contributed by atoms with Crippen LogP contribution in [0.15, 0.2) is 18.2 Å². The van der Waals surface area contributed by atoms with E-state index < -0.39 is 0 Å². The molecule has 0 aliphatic carbocycles. The Kier molecular flexibility index (Phi) is 6.52. The Labute approximate surface area is 112 Å². The maximum absolute atomic E-state index is 5.93. The molecule has 1 atom stereocenters. The van der Waals surface area contributed by atoms with Crippen molar-refractivity contribution < 1.29 is 0 Å². The number of benzene rings is 1. The van der Waals surface area contributed by atoms with Crippen LogP contribution in [0.3, 0.4) is 0 Å². The summed E-state index contributed by atoms with van der Waals surface area (Å²) in [6.07, 6.45) is 1.04. The number of alkyl halides is 1. The van der Waals surface area contributed by atoms with Crippen LogP contribution >= 0.6 is 34.8 Å². The van der Waals surface area contributed by atoms with Gasteiger partial charge in [0.1, 0.15) is 0 Å². The average molecular weight is 281 g/mol. The number of nitrogens with one attached hydrogen (secondary N) is 1. The monoisotopic (exact) mass is 279 g/mol. The zero-order valence-corrected chi connectivity index (χ0v) is 11.5. The number of hydrogen-bond donors (Lipinski definition) is 1. The van der Waals surface area contributed by atoms with Crippen molar-refractivity contribution in [2.24, 2.45) is 5.92 Å². The van der Waals surface area contributed by atoms with Crippen molar-refractivity contribution in [3.8, 4) is 0 Å². The zero-order chi connectivity index (χ0) is 12.0. The molecule has 0 amide bonds. The van der Waals surface area contributed by atoms with Gasteiger partial charge in [-0.1, -0.05) is 36.2 Å². The van der Waals surface area contributed by atoms with Crippen LogP contribution in [-0.4, -0.2) is 12.4 Å². The fraction of sp³-hybridized carbons (Fsp3) is 0.500. The molecule has 0 aliphatic heterocycles. The van der Waals surface area contributed by atoms with E-state index in [1.807, 2.05) is 18.2 Å². The molecule has 1 N–H and O–H groups in total. The van der Waals surface area contributed by atoms with Crippen LogP contribution in [0, 0.1) is 5.92 Å². The molecule has 4 heteroatoms. The van der Waals surface area contributed by atoms with Gasteiger partial charge in [-0.05, 0) is 36.6 Å². The summed E-state index contributed by atoms with van der Waals surface area (Å²) in [5.74, 6) is 1.32. The summed E-state index contributed by atoms with van der Waals surface area (Å²) in [4.78, 5) is 0. The predicted octanol–water partition coefficient (Wildman–Crippen LogP) is 4.35. The van der Waals surface area contributed by atoms with Crippen LogP contribution in [0.2, 0.25) is 10.0 Å². The Balaban J connectivity index is 2.34. The molecule has 90 valence electrons.